The van der Waals surface area contributed by atoms with Gasteiger partial charge < -0.3 is 4.52 Å². The minimum absolute atomic E-state index is 0.605. The van der Waals surface area contributed by atoms with E-state index in [0.29, 0.717) is 16.4 Å². The largest absolute Gasteiger partial charge is 0.437 e. The Balaban J connectivity index is 0.000000299. The van der Waals surface area contributed by atoms with Crippen LogP contribution in [0.3, 0.4) is 0 Å². The molecule has 0 radical (unpaired) electrons. The number of aromatic nitrogens is 3. The van der Waals surface area contributed by atoms with Crippen LogP contribution in [0.4, 0.5) is 0 Å². The van der Waals surface area contributed by atoms with Gasteiger partial charge in [0, 0.05) is 0 Å². The molecular weight excluding hydrogens is 357 g/mol. The van der Waals surface area contributed by atoms with Crippen molar-refractivity contribution in [3.8, 4) is 5.75 Å². The lowest BCUT2D eigenvalue weighted by molar-refractivity contribution is 0.503. The Morgan fingerprint density at radius 3 is 1.41 bits per heavy atom. The van der Waals surface area contributed by atoms with Crippen molar-refractivity contribution in [3.05, 3.63) is 109 Å². The lowest BCUT2D eigenvalue weighted by Crippen LogP contribution is -2.19. The van der Waals surface area contributed by atoms with Gasteiger partial charge in [0.25, 0.3) is 0 Å². The van der Waals surface area contributed by atoms with Gasteiger partial charge in [-0.25, -0.2) is 0 Å². The monoisotopic (exact) mass is 375 g/mol. The molecule has 0 spiro atoms. The molecule has 0 atom stereocenters. The summed E-state index contributed by atoms with van der Waals surface area (Å²) in [6.45, 7) is 0. The molecule has 0 bridgehead atoms. The van der Waals surface area contributed by atoms with E-state index in [1.54, 1.807) is 18.5 Å². The van der Waals surface area contributed by atoms with Crippen LogP contribution < -0.4 is 15.1 Å². The van der Waals surface area contributed by atoms with Gasteiger partial charge in [-0.1, -0.05) is 54.6 Å². The Labute approximate surface area is 158 Å². The molecule has 0 saturated heterocycles. The molecule has 4 aromatic rings. The molecule has 1 heterocycles. The van der Waals surface area contributed by atoms with Crippen molar-refractivity contribution in [2.75, 3.05) is 0 Å². The predicted octanol–water partition coefficient (Wildman–Crippen LogP) is 3.87. The van der Waals surface area contributed by atoms with Gasteiger partial charge in [0.2, 0.25) is 0 Å². The molecule has 0 unspecified atom stereocenters. The van der Waals surface area contributed by atoms with Gasteiger partial charge in [-0.2, -0.15) is 0 Å². The average Bonchev–Trinajstić information content (AvgIpc) is 2.77. The highest BCUT2D eigenvalue weighted by atomic mass is 31.2. The molecule has 0 aliphatic carbocycles. The summed E-state index contributed by atoms with van der Waals surface area (Å²) >= 11 is 0. The van der Waals surface area contributed by atoms with Crippen LogP contribution in [0.1, 0.15) is 0 Å². The van der Waals surface area contributed by atoms with E-state index in [4.69, 9.17) is 4.52 Å². The summed E-state index contributed by atoms with van der Waals surface area (Å²) in [4.78, 5) is 0. The fraction of sp³-hybridized carbons (Fsp3) is 0. The number of hydrogen-bond donors (Lipinski definition) is 0. The first-order valence-electron chi connectivity index (χ1n) is 8.33. The van der Waals surface area contributed by atoms with Gasteiger partial charge in [0.1, 0.15) is 5.75 Å². The molecular formula is C21H18N3O2P. The fourth-order valence-electron chi connectivity index (χ4n) is 2.34. The maximum Gasteiger partial charge on any atom is 0.306 e. The summed E-state index contributed by atoms with van der Waals surface area (Å²) in [5.41, 5.74) is 0. The fourth-order valence-corrected chi connectivity index (χ4v) is 4.39. The van der Waals surface area contributed by atoms with Crippen LogP contribution in [0.15, 0.2) is 109 Å². The molecule has 0 N–H and O–H groups in total. The standard InChI is InChI=1S/C18H15O2P.C3H3N3/c19-21(17-12-6-2-7-13-17,18-14-8-3-9-15-18)20-16-10-4-1-5-11-16;1-2-4-6-5-3-1/h1-15H;1-3H. The van der Waals surface area contributed by atoms with Gasteiger partial charge in [-0.15, -0.1) is 10.2 Å². The predicted molar refractivity (Wildman–Crippen MR) is 107 cm³/mol. The van der Waals surface area contributed by atoms with Crippen molar-refractivity contribution < 1.29 is 9.09 Å². The first-order valence-corrected chi connectivity index (χ1v) is 9.96. The molecule has 0 aliphatic heterocycles. The molecule has 27 heavy (non-hydrogen) atoms. The van der Waals surface area contributed by atoms with E-state index in [0.717, 1.165) is 0 Å². The van der Waals surface area contributed by atoms with Crippen molar-refractivity contribution in [1.82, 2.24) is 15.4 Å². The second-order valence-corrected chi connectivity index (χ2v) is 7.76. The van der Waals surface area contributed by atoms with E-state index in [1.165, 1.54) is 0 Å². The SMILES string of the molecule is O=P(Oc1ccccc1)(c1ccccc1)c1ccccc1.c1cnnnc1. The zero-order valence-corrected chi connectivity index (χ0v) is 15.4. The molecule has 0 fully saturated rings. The molecule has 6 heteroatoms. The zero-order chi connectivity index (χ0) is 18.8. The van der Waals surface area contributed by atoms with E-state index in [2.05, 4.69) is 15.4 Å². The third kappa shape index (κ3) is 5.09. The Hall–Kier alpha value is -3.30. The summed E-state index contributed by atoms with van der Waals surface area (Å²) in [5, 5.41) is 11.5. The Morgan fingerprint density at radius 1 is 0.593 bits per heavy atom. The molecule has 4 rings (SSSR count). The zero-order valence-electron chi connectivity index (χ0n) is 14.5. The van der Waals surface area contributed by atoms with Crippen LogP contribution in [0.25, 0.3) is 0 Å². The van der Waals surface area contributed by atoms with Gasteiger partial charge in [-0.05, 0) is 47.7 Å². The van der Waals surface area contributed by atoms with Crippen molar-refractivity contribution in [1.29, 1.82) is 0 Å². The van der Waals surface area contributed by atoms with E-state index in [1.807, 2.05) is 91.0 Å². The summed E-state index contributed by atoms with van der Waals surface area (Å²) < 4.78 is 19.5. The number of hydrogen-bond acceptors (Lipinski definition) is 5. The Kier molecular flexibility index (Phi) is 6.45. The van der Waals surface area contributed by atoms with Crippen molar-refractivity contribution >= 4 is 18.0 Å². The Bertz CT molecular complexity index is 899. The highest BCUT2D eigenvalue weighted by molar-refractivity contribution is 7.74. The highest BCUT2D eigenvalue weighted by Crippen LogP contribution is 2.44. The summed E-state index contributed by atoms with van der Waals surface area (Å²) in [7, 11) is -3.15. The van der Waals surface area contributed by atoms with E-state index >= 15 is 0 Å². The summed E-state index contributed by atoms with van der Waals surface area (Å²) in [5.74, 6) is 0.605. The maximum absolute atomic E-state index is 13.6. The van der Waals surface area contributed by atoms with Crippen molar-refractivity contribution in [2.24, 2.45) is 0 Å². The molecule has 0 amide bonds. The van der Waals surface area contributed by atoms with Crippen LogP contribution in [0.5, 0.6) is 5.75 Å². The van der Waals surface area contributed by atoms with Crippen LogP contribution in [0.2, 0.25) is 0 Å². The smallest absolute Gasteiger partial charge is 0.306 e. The van der Waals surface area contributed by atoms with Crippen LogP contribution >= 0.6 is 7.37 Å². The van der Waals surface area contributed by atoms with Crippen LogP contribution in [-0.4, -0.2) is 15.4 Å². The van der Waals surface area contributed by atoms with E-state index < -0.39 is 7.37 Å². The number of rotatable bonds is 4. The minimum atomic E-state index is -3.15. The van der Waals surface area contributed by atoms with Crippen LogP contribution in [-0.2, 0) is 4.57 Å². The normalized spacial score (nSPS) is 10.4. The third-order valence-corrected chi connectivity index (χ3v) is 6.00. The van der Waals surface area contributed by atoms with Crippen molar-refractivity contribution in [2.45, 2.75) is 0 Å². The third-order valence-electron chi connectivity index (χ3n) is 3.58. The van der Waals surface area contributed by atoms with Crippen LogP contribution in [0, 0.1) is 0 Å². The summed E-state index contributed by atoms with van der Waals surface area (Å²) in [6.07, 6.45) is 3.15. The summed E-state index contributed by atoms with van der Waals surface area (Å²) in [6, 6.07) is 29.7. The average molecular weight is 375 g/mol. The Morgan fingerprint density at radius 2 is 1.04 bits per heavy atom. The molecule has 134 valence electrons. The lowest BCUT2D eigenvalue weighted by atomic mass is 10.3. The maximum atomic E-state index is 13.6. The van der Waals surface area contributed by atoms with Gasteiger partial charge >= 0.3 is 7.37 Å². The van der Waals surface area contributed by atoms with Gasteiger partial charge in [0.05, 0.1) is 23.0 Å². The second kappa shape index (κ2) is 9.41. The molecule has 5 nitrogen and oxygen atoms in total. The molecule has 1 aromatic heterocycles. The quantitative estimate of drug-likeness (QED) is 0.507. The lowest BCUT2D eigenvalue weighted by Gasteiger charge is -2.20. The van der Waals surface area contributed by atoms with E-state index in [-0.39, 0.29) is 0 Å². The first kappa shape index (κ1) is 18.5. The minimum Gasteiger partial charge on any atom is -0.437 e. The number of nitrogens with zero attached hydrogens (tertiary/aromatic N) is 3. The van der Waals surface area contributed by atoms with Crippen molar-refractivity contribution in [3.63, 3.8) is 0 Å². The van der Waals surface area contributed by atoms with E-state index in [9.17, 15) is 4.57 Å². The second-order valence-electron chi connectivity index (χ2n) is 5.44. The van der Waals surface area contributed by atoms with Gasteiger partial charge in [0.15, 0.2) is 0 Å². The molecule has 0 aliphatic rings. The van der Waals surface area contributed by atoms with Gasteiger partial charge in [-0.3, -0.25) is 4.57 Å². The number of benzene rings is 3. The topological polar surface area (TPSA) is 65.0 Å². The molecule has 3 aromatic carbocycles. The number of para-hydroxylation sites is 1. The molecule has 0 saturated carbocycles. The highest BCUT2D eigenvalue weighted by Gasteiger charge is 2.29. The first-order chi connectivity index (χ1) is 13.3.